The van der Waals surface area contributed by atoms with Gasteiger partial charge in [0, 0.05) is 11.6 Å². The topological polar surface area (TPSA) is 98.2 Å². The van der Waals surface area contributed by atoms with E-state index in [-0.39, 0.29) is 6.61 Å². The molecule has 1 aromatic heterocycles. The van der Waals surface area contributed by atoms with Crippen molar-refractivity contribution in [1.29, 1.82) is 0 Å². The molecule has 1 heterocycles. The summed E-state index contributed by atoms with van der Waals surface area (Å²) in [5.74, 6) is 0.0164. The molecular formula is C28H28N2O6S2. The Kier molecular flexibility index (Phi) is 9.24. The average molecular weight is 553 g/mol. The van der Waals surface area contributed by atoms with Gasteiger partial charge in [0.1, 0.15) is 16.9 Å². The Morgan fingerprint density at radius 3 is 2.16 bits per heavy atom. The normalized spacial score (nSPS) is 13.4. The number of benzene rings is 3. The number of hydrogen-bond donors (Lipinski definition) is 1. The van der Waals surface area contributed by atoms with Gasteiger partial charge in [-0.3, -0.25) is 8.86 Å². The van der Waals surface area contributed by atoms with E-state index in [1.165, 1.54) is 18.4 Å². The van der Waals surface area contributed by atoms with Crippen LogP contribution in [0.15, 0.2) is 84.4 Å². The smallest absolute Gasteiger partial charge is 0.332 e. The molecule has 0 aliphatic heterocycles. The first-order valence-electron chi connectivity index (χ1n) is 11.7. The Hall–Kier alpha value is -3.57. The first-order chi connectivity index (χ1) is 18.4. The monoisotopic (exact) mass is 552 g/mol. The molecule has 0 bridgehead atoms. The molecule has 1 N–H and O–H groups in total. The molecule has 0 saturated carbocycles. The number of ether oxygens (including phenoxy) is 3. The van der Waals surface area contributed by atoms with Crippen LogP contribution in [0, 0.1) is 6.92 Å². The molecule has 8 nitrogen and oxygen atoms in total. The van der Waals surface area contributed by atoms with Crippen molar-refractivity contribution in [2.24, 2.45) is 0 Å². The van der Waals surface area contributed by atoms with Gasteiger partial charge in [-0.2, -0.15) is 0 Å². The third-order valence-corrected chi connectivity index (χ3v) is 7.55. The van der Waals surface area contributed by atoms with E-state index in [9.17, 15) is 13.6 Å². The first-order valence-corrected chi connectivity index (χ1v) is 13.6. The van der Waals surface area contributed by atoms with Crippen molar-refractivity contribution in [3.05, 3.63) is 101 Å². The van der Waals surface area contributed by atoms with Crippen molar-refractivity contribution in [1.82, 2.24) is 4.98 Å². The summed E-state index contributed by atoms with van der Waals surface area (Å²) in [5, 5.41) is 2.24. The quantitative estimate of drug-likeness (QED) is 0.192. The van der Waals surface area contributed by atoms with Gasteiger partial charge in [-0.15, -0.1) is 11.3 Å². The maximum absolute atomic E-state index is 13.1. The minimum atomic E-state index is -2.58. The Balaban J connectivity index is 1.68. The zero-order valence-electron chi connectivity index (χ0n) is 21.1. The van der Waals surface area contributed by atoms with Gasteiger partial charge in [-0.05, 0) is 47.9 Å². The Labute approximate surface area is 228 Å². The number of carbonyl (C=O) groups is 1. The van der Waals surface area contributed by atoms with Crippen molar-refractivity contribution in [2.45, 2.75) is 25.7 Å². The summed E-state index contributed by atoms with van der Waals surface area (Å²) in [4.78, 5) is 17.5. The highest BCUT2D eigenvalue weighted by molar-refractivity contribution is 7.80. The van der Waals surface area contributed by atoms with Crippen molar-refractivity contribution < 1.29 is 27.8 Å². The van der Waals surface area contributed by atoms with Crippen LogP contribution in [-0.4, -0.2) is 40.0 Å². The van der Waals surface area contributed by atoms with Gasteiger partial charge in [0.25, 0.3) is 11.3 Å². The zero-order valence-corrected chi connectivity index (χ0v) is 22.8. The van der Waals surface area contributed by atoms with Crippen molar-refractivity contribution >= 4 is 34.3 Å². The highest BCUT2D eigenvalue weighted by atomic mass is 32.2. The SMILES string of the molecule is COC(=O)C(C(OCc1ccc(C)cc1)c1nccs1)N(c1ccc(-c2ccc(OC)cc2)cc1)S(=O)O. The summed E-state index contributed by atoms with van der Waals surface area (Å²) in [6.07, 6.45) is 0.627. The molecule has 0 radical (unpaired) electrons. The van der Waals surface area contributed by atoms with E-state index in [4.69, 9.17) is 14.2 Å². The molecule has 3 atom stereocenters. The lowest BCUT2D eigenvalue weighted by Gasteiger charge is -2.32. The van der Waals surface area contributed by atoms with E-state index >= 15 is 0 Å². The van der Waals surface area contributed by atoms with E-state index in [0.29, 0.717) is 10.7 Å². The number of aromatic nitrogens is 1. The standard InChI is InChI=1S/C28H28N2O6S2/c1-19-4-6-20(7-5-19)18-36-26(27-29-16-17-37-27)25(28(31)35-3)30(38(32)33)23-12-8-21(9-13-23)22-10-14-24(34-2)15-11-22/h4-17,25-26H,18H2,1-3H3,(H,32,33). The summed E-state index contributed by atoms with van der Waals surface area (Å²) in [6.45, 7) is 2.16. The second-order valence-electron chi connectivity index (χ2n) is 8.39. The summed E-state index contributed by atoms with van der Waals surface area (Å²) in [7, 11) is 2.84. The van der Waals surface area contributed by atoms with E-state index < -0.39 is 29.4 Å². The minimum absolute atomic E-state index is 0.167. The molecule has 198 valence electrons. The number of aryl methyl sites for hydroxylation is 1. The summed E-state index contributed by atoms with van der Waals surface area (Å²) >= 11 is -1.29. The molecule has 0 aliphatic rings. The molecule has 4 aromatic rings. The lowest BCUT2D eigenvalue weighted by Crippen LogP contribution is -2.47. The van der Waals surface area contributed by atoms with Crippen molar-refractivity contribution in [3.8, 4) is 16.9 Å². The molecule has 3 unspecified atom stereocenters. The largest absolute Gasteiger partial charge is 0.497 e. The second-order valence-corrected chi connectivity index (χ2v) is 10.2. The van der Waals surface area contributed by atoms with Gasteiger partial charge in [-0.25, -0.2) is 14.0 Å². The lowest BCUT2D eigenvalue weighted by molar-refractivity contribution is -0.146. The van der Waals surface area contributed by atoms with Gasteiger partial charge < -0.3 is 14.2 Å². The second kappa shape index (κ2) is 12.8. The number of esters is 1. The van der Waals surface area contributed by atoms with Crippen LogP contribution in [0.5, 0.6) is 5.75 Å². The molecule has 0 amide bonds. The Morgan fingerprint density at radius 2 is 1.63 bits per heavy atom. The van der Waals surface area contributed by atoms with Gasteiger partial charge in [-0.1, -0.05) is 54.1 Å². The number of carbonyl (C=O) groups excluding carboxylic acids is 1. The fraction of sp³-hybridized carbons (Fsp3) is 0.214. The average Bonchev–Trinajstić information content (AvgIpc) is 3.48. The van der Waals surface area contributed by atoms with Gasteiger partial charge in [0.05, 0.1) is 26.5 Å². The fourth-order valence-electron chi connectivity index (χ4n) is 3.94. The Bertz CT molecular complexity index is 1340. The summed E-state index contributed by atoms with van der Waals surface area (Å²) in [6, 6.07) is 21.1. The van der Waals surface area contributed by atoms with Crippen molar-refractivity contribution in [2.75, 3.05) is 18.5 Å². The van der Waals surface area contributed by atoms with Crippen LogP contribution in [-0.2, 0) is 32.1 Å². The number of nitrogens with zero attached hydrogens (tertiary/aromatic N) is 2. The van der Waals surface area contributed by atoms with E-state index in [1.807, 2.05) is 67.6 Å². The third kappa shape index (κ3) is 6.46. The van der Waals surface area contributed by atoms with Gasteiger partial charge >= 0.3 is 5.97 Å². The number of hydrogen-bond acceptors (Lipinski definition) is 7. The predicted molar refractivity (Wildman–Crippen MR) is 148 cm³/mol. The van der Waals surface area contributed by atoms with Crippen LogP contribution in [0.25, 0.3) is 11.1 Å². The predicted octanol–water partition coefficient (Wildman–Crippen LogP) is 5.57. The highest BCUT2D eigenvalue weighted by Crippen LogP contribution is 2.34. The first kappa shape index (κ1) is 27.5. The number of anilines is 1. The molecule has 0 saturated heterocycles. The molecule has 0 aliphatic carbocycles. The molecule has 0 spiro atoms. The molecular weight excluding hydrogens is 524 g/mol. The Morgan fingerprint density at radius 1 is 1.00 bits per heavy atom. The molecule has 3 aromatic carbocycles. The van der Waals surface area contributed by atoms with Gasteiger partial charge in [0.15, 0.2) is 6.04 Å². The van der Waals surface area contributed by atoms with Crippen LogP contribution in [0.2, 0.25) is 0 Å². The maximum atomic E-state index is 13.1. The summed E-state index contributed by atoms with van der Waals surface area (Å²) in [5.41, 5.74) is 4.18. The zero-order chi connectivity index (χ0) is 27.1. The van der Waals surface area contributed by atoms with Crippen LogP contribution < -0.4 is 9.04 Å². The number of methoxy groups -OCH3 is 2. The number of rotatable bonds is 11. The molecule has 4 rings (SSSR count). The van der Waals surface area contributed by atoms with Crippen molar-refractivity contribution in [3.63, 3.8) is 0 Å². The molecule has 10 heteroatoms. The highest BCUT2D eigenvalue weighted by Gasteiger charge is 2.41. The van der Waals surface area contributed by atoms with Crippen LogP contribution in [0.3, 0.4) is 0 Å². The van der Waals surface area contributed by atoms with E-state index in [2.05, 4.69) is 4.98 Å². The number of thiazole rings is 1. The van der Waals surface area contributed by atoms with Crippen LogP contribution >= 0.6 is 11.3 Å². The minimum Gasteiger partial charge on any atom is -0.497 e. The van der Waals surface area contributed by atoms with E-state index in [0.717, 1.165) is 32.3 Å². The van der Waals surface area contributed by atoms with E-state index in [1.54, 1.807) is 30.8 Å². The van der Waals surface area contributed by atoms with Gasteiger partial charge in [0.2, 0.25) is 0 Å². The lowest BCUT2D eigenvalue weighted by atomic mass is 10.0. The third-order valence-electron chi connectivity index (χ3n) is 5.94. The fourth-order valence-corrected chi connectivity index (χ4v) is 5.34. The molecule has 0 fully saturated rings. The summed E-state index contributed by atoms with van der Waals surface area (Å²) < 4.78 is 40.7. The van der Waals surface area contributed by atoms with Crippen LogP contribution in [0.4, 0.5) is 5.69 Å². The van der Waals surface area contributed by atoms with Crippen LogP contribution in [0.1, 0.15) is 22.2 Å². The maximum Gasteiger partial charge on any atom is 0.332 e. The molecule has 38 heavy (non-hydrogen) atoms.